The summed E-state index contributed by atoms with van der Waals surface area (Å²) in [5.41, 5.74) is 0.908. The zero-order valence-electron chi connectivity index (χ0n) is 20.9. The molecule has 0 saturated carbocycles. The molecule has 0 aliphatic rings. The number of nitrogens with one attached hydrogen (secondary N) is 2. The van der Waals surface area contributed by atoms with Crippen LogP contribution in [0.1, 0.15) is 37.0 Å². The van der Waals surface area contributed by atoms with Crippen LogP contribution in [0.15, 0.2) is 29.2 Å². The zero-order chi connectivity index (χ0) is 25.8. The minimum absolute atomic E-state index is 0.0976. The largest absolute Gasteiger partial charge is 0.383 e. The Bertz CT molecular complexity index is 1450. The van der Waals surface area contributed by atoms with Crippen LogP contribution in [0.5, 0.6) is 0 Å². The third-order valence-electron chi connectivity index (χ3n) is 6.41. The van der Waals surface area contributed by atoms with E-state index in [0.29, 0.717) is 47.2 Å². The zero-order valence-corrected chi connectivity index (χ0v) is 22.5. The van der Waals surface area contributed by atoms with Crippen molar-refractivity contribution in [3.63, 3.8) is 0 Å². The lowest BCUT2D eigenvalue weighted by molar-refractivity contribution is 0.0949. The number of benzene rings is 1. The summed E-state index contributed by atoms with van der Waals surface area (Å²) in [7, 11) is 3.69. The molecule has 3 aromatic heterocycles. The van der Waals surface area contributed by atoms with Crippen LogP contribution in [-0.2, 0) is 4.74 Å². The van der Waals surface area contributed by atoms with E-state index in [1.165, 1.54) is 17.5 Å². The number of methoxy groups -OCH3 is 1. The van der Waals surface area contributed by atoms with E-state index in [-0.39, 0.29) is 16.4 Å². The van der Waals surface area contributed by atoms with Gasteiger partial charge in [0.25, 0.3) is 5.91 Å². The molecule has 192 valence electrons. The van der Waals surface area contributed by atoms with Crippen molar-refractivity contribution >= 4 is 60.9 Å². The van der Waals surface area contributed by atoms with E-state index in [1.807, 2.05) is 16.5 Å². The normalized spacial score (nSPS) is 12.6. The lowest BCUT2D eigenvalue weighted by Gasteiger charge is -2.25. The van der Waals surface area contributed by atoms with Gasteiger partial charge in [0, 0.05) is 37.5 Å². The molecule has 1 aromatic carbocycles. The number of aromatic nitrogens is 3. The minimum atomic E-state index is -0.395. The van der Waals surface area contributed by atoms with Gasteiger partial charge < -0.3 is 20.3 Å². The lowest BCUT2D eigenvalue weighted by Crippen LogP contribution is -2.36. The Hall–Kier alpha value is -2.79. The SMILES string of the molecule is CCC(CCNC(=O)c1c(=O)c2cnc(NCCOC)nc2n2c1sc1ccc(Cl)cc12)N(C)CC. The number of pyridine rings is 1. The predicted octanol–water partition coefficient (Wildman–Crippen LogP) is 4.02. The van der Waals surface area contributed by atoms with Crippen molar-refractivity contribution in [2.45, 2.75) is 32.7 Å². The molecule has 1 unspecified atom stereocenters. The van der Waals surface area contributed by atoms with Crippen molar-refractivity contribution in [2.24, 2.45) is 0 Å². The van der Waals surface area contributed by atoms with Crippen LogP contribution >= 0.6 is 22.9 Å². The standard InChI is InChI=1S/C25H31ClN6O3S/c1-5-16(31(3)6-2)9-10-27-23(34)20-21(33)17-14-29-25(28-11-12-35-4)30-22(17)32-18-13-15(26)7-8-19(18)36-24(20)32/h7-8,13-14,16H,5-6,9-12H2,1-4H3,(H,27,34)(H,28,29,30). The first-order valence-corrected chi connectivity index (χ1v) is 13.2. The smallest absolute Gasteiger partial charge is 0.258 e. The average molecular weight is 531 g/mol. The van der Waals surface area contributed by atoms with E-state index in [2.05, 4.69) is 46.4 Å². The molecule has 3 heterocycles. The molecule has 0 saturated heterocycles. The summed E-state index contributed by atoms with van der Waals surface area (Å²) in [6, 6.07) is 5.86. The Morgan fingerprint density at radius 1 is 1.31 bits per heavy atom. The van der Waals surface area contributed by atoms with Crippen molar-refractivity contribution in [1.82, 2.24) is 24.6 Å². The van der Waals surface area contributed by atoms with Gasteiger partial charge in [0.1, 0.15) is 10.4 Å². The number of amides is 1. The second-order valence-corrected chi connectivity index (χ2v) is 10.1. The second-order valence-electron chi connectivity index (χ2n) is 8.59. The fourth-order valence-corrected chi connectivity index (χ4v) is 5.63. The third-order valence-corrected chi connectivity index (χ3v) is 7.79. The van der Waals surface area contributed by atoms with Crippen molar-refractivity contribution < 1.29 is 9.53 Å². The van der Waals surface area contributed by atoms with Gasteiger partial charge in [0.2, 0.25) is 11.4 Å². The maximum Gasteiger partial charge on any atom is 0.258 e. The first-order chi connectivity index (χ1) is 17.4. The molecule has 9 nitrogen and oxygen atoms in total. The highest BCUT2D eigenvalue weighted by molar-refractivity contribution is 7.24. The van der Waals surface area contributed by atoms with Gasteiger partial charge >= 0.3 is 0 Å². The van der Waals surface area contributed by atoms with E-state index in [4.69, 9.17) is 16.3 Å². The van der Waals surface area contributed by atoms with Crippen molar-refractivity contribution in [3.05, 3.63) is 45.2 Å². The maximum atomic E-state index is 13.6. The lowest BCUT2D eigenvalue weighted by atomic mass is 10.1. The molecule has 1 atom stereocenters. The van der Waals surface area contributed by atoms with Crippen molar-refractivity contribution in [3.8, 4) is 0 Å². The molecule has 0 bridgehead atoms. The number of carbonyl (C=O) groups is 1. The highest BCUT2D eigenvalue weighted by Crippen LogP contribution is 2.32. The summed E-state index contributed by atoms with van der Waals surface area (Å²) >= 11 is 7.68. The van der Waals surface area contributed by atoms with Crippen LogP contribution in [0.4, 0.5) is 5.95 Å². The molecule has 2 N–H and O–H groups in total. The fourth-order valence-electron chi connectivity index (χ4n) is 4.30. The highest BCUT2D eigenvalue weighted by atomic mass is 35.5. The van der Waals surface area contributed by atoms with Crippen LogP contribution in [0.3, 0.4) is 0 Å². The molecule has 0 aliphatic carbocycles. The van der Waals surface area contributed by atoms with Crippen LogP contribution in [0.2, 0.25) is 5.02 Å². The Morgan fingerprint density at radius 3 is 2.83 bits per heavy atom. The number of anilines is 1. The molecule has 4 rings (SSSR count). The van der Waals surface area contributed by atoms with Gasteiger partial charge in [-0.2, -0.15) is 4.98 Å². The van der Waals surface area contributed by atoms with Crippen LogP contribution < -0.4 is 16.1 Å². The number of halogens is 1. The predicted molar refractivity (Wildman–Crippen MR) is 147 cm³/mol. The number of hydrogen-bond donors (Lipinski definition) is 2. The van der Waals surface area contributed by atoms with Gasteiger partial charge in [0.15, 0.2) is 5.65 Å². The number of thiazole rings is 1. The second kappa shape index (κ2) is 11.5. The molecular weight excluding hydrogens is 500 g/mol. The molecule has 1 amide bonds. The van der Waals surface area contributed by atoms with Gasteiger partial charge in [-0.3, -0.25) is 14.0 Å². The summed E-state index contributed by atoms with van der Waals surface area (Å²) in [4.78, 5) is 38.7. The van der Waals surface area contributed by atoms with E-state index in [1.54, 1.807) is 13.2 Å². The third kappa shape index (κ3) is 5.17. The van der Waals surface area contributed by atoms with Crippen LogP contribution in [0, 0.1) is 0 Å². The number of ether oxygens (including phenoxy) is 1. The summed E-state index contributed by atoms with van der Waals surface area (Å²) in [6.07, 6.45) is 3.25. The summed E-state index contributed by atoms with van der Waals surface area (Å²) in [6.45, 7) is 6.66. The molecular formula is C25H31ClN6O3S. The fraction of sp³-hybridized carbons (Fsp3) is 0.440. The van der Waals surface area contributed by atoms with Crippen molar-refractivity contribution in [2.75, 3.05) is 45.7 Å². The van der Waals surface area contributed by atoms with E-state index in [9.17, 15) is 9.59 Å². The summed E-state index contributed by atoms with van der Waals surface area (Å²) < 4.78 is 7.81. The molecule has 11 heteroatoms. The number of hydrogen-bond acceptors (Lipinski definition) is 8. The molecule has 0 spiro atoms. The van der Waals surface area contributed by atoms with E-state index < -0.39 is 5.91 Å². The molecule has 0 fully saturated rings. The molecule has 36 heavy (non-hydrogen) atoms. The van der Waals surface area contributed by atoms with Crippen LogP contribution in [0.25, 0.3) is 26.1 Å². The topological polar surface area (TPSA) is 101 Å². The number of rotatable bonds is 11. The van der Waals surface area contributed by atoms with Gasteiger partial charge in [-0.05, 0) is 44.6 Å². The Morgan fingerprint density at radius 2 is 2.11 bits per heavy atom. The average Bonchev–Trinajstić information content (AvgIpc) is 3.24. The Labute approximate surface area is 218 Å². The summed E-state index contributed by atoms with van der Waals surface area (Å²) in [5.74, 6) is -0.0228. The Balaban J connectivity index is 1.80. The number of carbonyl (C=O) groups excluding carboxylic acids is 1. The molecule has 0 aliphatic heterocycles. The van der Waals surface area contributed by atoms with E-state index >= 15 is 0 Å². The highest BCUT2D eigenvalue weighted by Gasteiger charge is 2.23. The van der Waals surface area contributed by atoms with Crippen LogP contribution in [-0.4, -0.2) is 71.6 Å². The van der Waals surface area contributed by atoms with Gasteiger partial charge in [-0.25, -0.2) is 4.98 Å². The number of fused-ring (bicyclic) bond motifs is 5. The van der Waals surface area contributed by atoms with Gasteiger partial charge in [-0.1, -0.05) is 25.4 Å². The monoisotopic (exact) mass is 530 g/mol. The molecule has 4 aromatic rings. The van der Waals surface area contributed by atoms with Gasteiger partial charge in [0.05, 0.1) is 22.2 Å². The number of nitrogens with zero attached hydrogens (tertiary/aromatic N) is 4. The van der Waals surface area contributed by atoms with Gasteiger partial charge in [-0.15, -0.1) is 11.3 Å². The summed E-state index contributed by atoms with van der Waals surface area (Å²) in [5, 5.41) is 6.90. The molecule has 0 radical (unpaired) electrons. The first-order valence-electron chi connectivity index (χ1n) is 12.0. The quantitative estimate of drug-likeness (QED) is 0.282. The minimum Gasteiger partial charge on any atom is -0.383 e. The van der Waals surface area contributed by atoms with Crippen molar-refractivity contribution in [1.29, 1.82) is 0 Å². The first kappa shape index (κ1) is 26.3. The van der Waals surface area contributed by atoms with E-state index in [0.717, 1.165) is 29.6 Å². The maximum absolute atomic E-state index is 13.6. The Kier molecular flexibility index (Phi) is 8.40.